The molecule has 6 nitrogen and oxygen atoms in total. The van der Waals surface area contributed by atoms with Crippen LogP contribution in [0.3, 0.4) is 0 Å². The number of amides is 2. The summed E-state index contributed by atoms with van der Waals surface area (Å²) in [5.74, 6) is -4.73. The predicted octanol–water partition coefficient (Wildman–Crippen LogP) is 4.97. The smallest absolute Gasteiger partial charge is 0.281 e. The van der Waals surface area contributed by atoms with Crippen LogP contribution in [0.25, 0.3) is 0 Å². The molecule has 0 fully saturated rings. The predicted molar refractivity (Wildman–Crippen MR) is 128 cm³/mol. The van der Waals surface area contributed by atoms with E-state index in [-0.39, 0.29) is 39.8 Å². The van der Waals surface area contributed by atoms with Crippen LogP contribution in [0.1, 0.15) is 45.2 Å². The van der Waals surface area contributed by atoms with E-state index < -0.39 is 35.6 Å². The number of alkyl halides is 2. The monoisotopic (exact) mass is 515 g/mol. The first-order valence-electron chi connectivity index (χ1n) is 11.3. The molecule has 0 aliphatic carbocycles. The molecule has 2 aliphatic heterocycles. The molecule has 0 spiro atoms. The Kier molecular flexibility index (Phi) is 5.80. The fourth-order valence-electron chi connectivity index (χ4n) is 4.65. The maximum Gasteiger partial charge on any atom is 0.281 e. The minimum Gasteiger partial charge on any atom is -0.379 e. The van der Waals surface area contributed by atoms with E-state index in [1.807, 2.05) is 0 Å². The molecule has 2 amide bonds. The number of aromatic nitrogens is 1. The van der Waals surface area contributed by atoms with Crippen LogP contribution in [-0.4, -0.2) is 40.9 Å². The van der Waals surface area contributed by atoms with E-state index in [0.717, 1.165) is 12.5 Å². The molecule has 1 atom stereocenters. The van der Waals surface area contributed by atoms with E-state index in [4.69, 9.17) is 11.6 Å². The fraction of sp³-hybridized carbons (Fsp3) is 0.269. The van der Waals surface area contributed by atoms with Gasteiger partial charge in [0.1, 0.15) is 11.6 Å². The lowest BCUT2D eigenvalue weighted by atomic mass is 9.87. The average Bonchev–Trinajstić information content (AvgIpc) is 2.92. The summed E-state index contributed by atoms with van der Waals surface area (Å²) < 4.78 is 43.3. The van der Waals surface area contributed by atoms with Gasteiger partial charge >= 0.3 is 0 Å². The second kappa shape index (κ2) is 8.60. The van der Waals surface area contributed by atoms with Crippen LogP contribution >= 0.6 is 11.6 Å². The summed E-state index contributed by atoms with van der Waals surface area (Å²) in [7, 11) is 0. The molecule has 2 aromatic carbocycles. The molecule has 10 heteroatoms. The van der Waals surface area contributed by atoms with Crippen LogP contribution in [0.2, 0.25) is 5.02 Å². The van der Waals surface area contributed by atoms with Crippen LogP contribution in [0.4, 0.5) is 24.7 Å². The van der Waals surface area contributed by atoms with Crippen LogP contribution in [-0.2, 0) is 12.0 Å². The number of aliphatic hydroxyl groups is 1. The maximum atomic E-state index is 14.8. The second-order valence-electron chi connectivity index (χ2n) is 9.06. The number of rotatable bonds is 2. The van der Waals surface area contributed by atoms with Crippen molar-refractivity contribution in [3.8, 4) is 0 Å². The summed E-state index contributed by atoms with van der Waals surface area (Å²) in [6.07, 6.45) is 1.02. The third-order valence-corrected chi connectivity index (χ3v) is 7.04. The number of nitrogens with zero attached hydrogens (tertiary/aromatic N) is 3. The molecular formula is C26H21ClF3N3O3. The number of fused-ring (bicyclic) bond motifs is 2. The lowest BCUT2D eigenvalue weighted by Gasteiger charge is -2.32. The van der Waals surface area contributed by atoms with Crippen LogP contribution in [0.15, 0.2) is 54.7 Å². The Morgan fingerprint density at radius 3 is 2.61 bits per heavy atom. The van der Waals surface area contributed by atoms with Crippen molar-refractivity contribution in [2.45, 2.75) is 31.3 Å². The Morgan fingerprint density at radius 2 is 1.89 bits per heavy atom. The third kappa shape index (κ3) is 3.92. The van der Waals surface area contributed by atoms with Crippen molar-refractivity contribution in [2.75, 3.05) is 22.9 Å². The van der Waals surface area contributed by atoms with Crippen molar-refractivity contribution in [3.05, 3.63) is 87.8 Å². The Bertz CT molecular complexity index is 1380. The summed E-state index contributed by atoms with van der Waals surface area (Å²) in [5, 5.41) is 10.9. The van der Waals surface area contributed by atoms with Crippen molar-refractivity contribution >= 4 is 34.9 Å². The number of anilines is 2. The largest absolute Gasteiger partial charge is 0.379 e. The first kappa shape index (κ1) is 24.3. The average molecular weight is 516 g/mol. The number of hydrogen-bond acceptors (Lipinski definition) is 4. The Balaban J connectivity index is 1.45. The van der Waals surface area contributed by atoms with Gasteiger partial charge in [0.2, 0.25) is 0 Å². The Hall–Kier alpha value is -3.43. The van der Waals surface area contributed by atoms with E-state index in [1.165, 1.54) is 58.5 Å². The first-order chi connectivity index (χ1) is 17.0. The van der Waals surface area contributed by atoms with Gasteiger partial charge in [0.15, 0.2) is 5.60 Å². The van der Waals surface area contributed by atoms with Gasteiger partial charge in [0, 0.05) is 41.9 Å². The zero-order valence-corrected chi connectivity index (χ0v) is 19.9. The molecule has 0 saturated heterocycles. The number of halogens is 4. The molecule has 36 heavy (non-hydrogen) atoms. The SMILES string of the molecule is C[C@@]1(O)c2cc(Cl)ccc2N(C(=O)c2ccc(N3CCc4ccc(F)cc4C3=O)nc2)CCC1(F)F. The zero-order chi connectivity index (χ0) is 25.8. The number of carbonyl (C=O) groups is 2. The zero-order valence-electron chi connectivity index (χ0n) is 19.1. The summed E-state index contributed by atoms with van der Waals surface area (Å²) in [6.45, 7) is 1.000. The van der Waals surface area contributed by atoms with E-state index in [1.54, 1.807) is 6.07 Å². The minimum absolute atomic E-state index is 0.111. The summed E-state index contributed by atoms with van der Waals surface area (Å²) in [4.78, 5) is 33.1. The molecule has 0 radical (unpaired) electrons. The third-order valence-electron chi connectivity index (χ3n) is 6.80. The number of hydrogen-bond donors (Lipinski definition) is 1. The summed E-state index contributed by atoms with van der Waals surface area (Å²) in [5.41, 5.74) is -1.44. The van der Waals surface area contributed by atoms with Crippen molar-refractivity contribution < 1.29 is 27.9 Å². The maximum absolute atomic E-state index is 14.8. The van der Waals surface area contributed by atoms with Crippen LogP contribution in [0.5, 0.6) is 0 Å². The van der Waals surface area contributed by atoms with Gasteiger partial charge < -0.3 is 10.0 Å². The summed E-state index contributed by atoms with van der Waals surface area (Å²) >= 11 is 6.02. The lowest BCUT2D eigenvalue weighted by molar-refractivity contribution is -0.177. The molecule has 1 aromatic heterocycles. The first-order valence-corrected chi connectivity index (χ1v) is 11.7. The van der Waals surface area contributed by atoms with E-state index in [0.29, 0.717) is 13.0 Å². The standard InChI is InChI=1S/C26H21ClF3N3O3/c1-25(36)20-12-17(27)4-6-21(20)32(11-9-26(25,29)30)23(34)16-3-7-22(31-14-16)33-10-8-15-2-5-18(28)13-19(15)24(33)35/h2-7,12-14,36H,8-11H2,1H3/t25-/m1/s1. The molecule has 5 rings (SSSR count). The van der Waals surface area contributed by atoms with Crippen molar-refractivity contribution in [1.29, 1.82) is 0 Å². The lowest BCUT2D eigenvalue weighted by Crippen LogP contribution is -2.42. The molecule has 186 valence electrons. The molecule has 3 aromatic rings. The summed E-state index contributed by atoms with van der Waals surface area (Å²) in [6, 6.07) is 11.2. The second-order valence-corrected chi connectivity index (χ2v) is 9.49. The van der Waals surface area contributed by atoms with Gasteiger partial charge in [-0.3, -0.25) is 14.5 Å². The molecule has 0 saturated carbocycles. The van der Waals surface area contributed by atoms with Crippen molar-refractivity contribution in [3.63, 3.8) is 0 Å². The highest BCUT2D eigenvalue weighted by atomic mass is 35.5. The Labute approximate surface area is 209 Å². The van der Waals surface area contributed by atoms with Gasteiger partial charge in [-0.05, 0) is 61.4 Å². The molecule has 3 heterocycles. The van der Waals surface area contributed by atoms with Crippen LogP contribution in [0, 0.1) is 5.82 Å². The highest BCUT2D eigenvalue weighted by Crippen LogP contribution is 2.47. The van der Waals surface area contributed by atoms with E-state index in [9.17, 15) is 27.9 Å². The van der Waals surface area contributed by atoms with Gasteiger partial charge in [-0.2, -0.15) is 0 Å². The fourth-order valence-corrected chi connectivity index (χ4v) is 4.82. The molecule has 0 bridgehead atoms. The van der Waals surface area contributed by atoms with E-state index >= 15 is 0 Å². The Morgan fingerprint density at radius 1 is 1.11 bits per heavy atom. The van der Waals surface area contributed by atoms with Crippen molar-refractivity contribution in [2.24, 2.45) is 0 Å². The number of pyridine rings is 1. The number of carbonyl (C=O) groups excluding carboxylic acids is 2. The molecule has 1 N–H and O–H groups in total. The van der Waals surface area contributed by atoms with E-state index in [2.05, 4.69) is 4.98 Å². The minimum atomic E-state index is -3.51. The van der Waals surface area contributed by atoms with Gasteiger partial charge in [0.25, 0.3) is 17.7 Å². The van der Waals surface area contributed by atoms with Crippen molar-refractivity contribution in [1.82, 2.24) is 4.98 Å². The highest BCUT2D eigenvalue weighted by molar-refractivity contribution is 6.30. The van der Waals surface area contributed by atoms with Gasteiger partial charge in [-0.15, -0.1) is 0 Å². The van der Waals surface area contributed by atoms with Gasteiger partial charge in [0.05, 0.1) is 11.3 Å². The van der Waals surface area contributed by atoms with Gasteiger partial charge in [-0.25, -0.2) is 18.2 Å². The molecule has 2 aliphatic rings. The molecule has 0 unspecified atom stereocenters. The molecular weight excluding hydrogens is 495 g/mol. The van der Waals surface area contributed by atoms with Gasteiger partial charge in [-0.1, -0.05) is 17.7 Å². The topological polar surface area (TPSA) is 73.7 Å². The normalized spacial score (nSPS) is 21.0. The highest BCUT2D eigenvalue weighted by Gasteiger charge is 2.53. The quantitative estimate of drug-likeness (QED) is 0.523. The number of benzene rings is 2. The van der Waals surface area contributed by atoms with Crippen LogP contribution < -0.4 is 9.80 Å².